The van der Waals surface area contributed by atoms with Crippen LogP contribution >= 0.6 is 0 Å². The van der Waals surface area contributed by atoms with Crippen molar-refractivity contribution in [3.8, 4) is 17.0 Å². The van der Waals surface area contributed by atoms with Gasteiger partial charge in [0.1, 0.15) is 11.4 Å². The lowest BCUT2D eigenvalue weighted by atomic mass is 9.63. The van der Waals surface area contributed by atoms with E-state index in [-0.39, 0.29) is 17.6 Å². The number of nitrogens with one attached hydrogen (secondary N) is 1. The van der Waals surface area contributed by atoms with Crippen LogP contribution in [0.4, 0.5) is 4.79 Å². The Labute approximate surface area is 234 Å². The number of rotatable bonds is 6. The monoisotopic (exact) mass is 534 g/mol. The van der Waals surface area contributed by atoms with Gasteiger partial charge in [0.05, 0.1) is 18.0 Å². The molecule has 2 unspecified atom stereocenters. The SMILES string of the molecule is CCOc1ccccc1-c1ccc2c(n1)CN(C[C@H]1CCCN1C(=O)OC(C)(C)C)CC21CCNCC1CC. The van der Waals surface area contributed by atoms with Crippen LogP contribution in [0.5, 0.6) is 5.75 Å². The van der Waals surface area contributed by atoms with Gasteiger partial charge in [0, 0.05) is 43.2 Å². The van der Waals surface area contributed by atoms with Crippen molar-refractivity contribution in [1.82, 2.24) is 20.1 Å². The zero-order chi connectivity index (χ0) is 27.6. The summed E-state index contributed by atoms with van der Waals surface area (Å²) in [5.74, 6) is 1.42. The number of hydrogen-bond donors (Lipinski definition) is 1. The molecule has 1 spiro atoms. The first-order valence-electron chi connectivity index (χ1n) is 14.9. The fraction of sp³-hybridized carbons (Fsp3) is 0.625. The predicted molar refractivity (Wildman–Crippen MR) is 155 cm³/mol. The molecule has 2 fully saturated rings. The normalized spacial score (nSPS) is 25.5. The summed E-state index contributed by atoms with van der Waals surface area (Å²) in [5.41, 5.74) is 4.17. The third-order valence-electron chi connectivity index (χ3n) is 8.74. The molecular weight excluding hydrogens is 488 g/mol. The Hall–Kier alpha value is -2.64. The lowest BCUT2D eigenvalue weighted by molar-refractivity contribution is 0.0160. The van der Waals surface area contributed by atoms with Crippen molar-refractivity contribution in [3.63, 3.8) is 0 Å². The van der Waals surface area contributed by atoms with Crippen LogP contribution in [-0.4, -0.2) is 71.9 Å². The molecule has 4 heterocycles. The molecule has 1 aromatic heterocycles. The molecule has 0 saturated carbocycles. The van der Waals surface area contributed by atoms with Crippen molar-refractivity contribution >= 4 is 6.09 Å². The van der Waals surface area contributed by atoms with Gasteiger partial charge < -0.3 is 19.7 Å². The number of aromatic nitrogens is 1. The number of ether oxygens (including phenoxy) is 2. The molecule has 212 valence electrons. The van der Waals surface area contributed by atoms with Crippen molar-refractivity contribution in [1.29, 1.82) is 0 Å². The zero-order valence-corrected chi connectivity index (χ0v) is 24.5. The number of fused-ring (bicyclic) bond motifs is 2. The Kier molecular flexibility index (Phi) is 8.20. The molecule has 3 aliphatic heterocycles. The summed E-state index contributed by atoms with van der Waals surface area (Å²) in [6, 6.07) is 12.9. The molecule has 1 N–H and O–H groups in total. The van der Waals surface area contributed by atoms with Crippen LogP contribution in [0.2, 0.25) is 0 Å². The number of hydrogen-bond acceptors (Lipinski definition) is 6. The van der Waals surface area contributed by atoms with E-state index in [1.807, 2.05) is 44.7 Å². The largest absolute Gasteiger partial charge is 0.493 e. The average molecular weight is 535 g/mol. The van der Waals surface area contributed by atoms with E-state index in [0.29, 0.717) is 12.5 Å². The van der Waals surface area contributed by atoms with E-state index in [1.165, 1.54) is 11.3 Å². The molecule has 2 aromatic rings. The standard InChI is InChI=1S/C32H46N4O3/c1-6-23-19-33-17-16-32(23)22-35(20-24-11-10-18-36(24)30(37)39-31(3,4)5)21-28-26(32)14-15-27(34-28)25-12-8-9-13-29(25)38-7-2/h8-9,12-15,23-24,33H,6-7,10-11,16-22H2,1-5H3/t23?,24-,32?/m1/s1. The average Bonchev–Trinajstić information content (AvgIpc) is 3.36. The Morgan fingerprint density at radius 1 is 1.18 bits per heavy atom. The highest BCUT2D eigenvalue weighted by atomic mass is 16.6. The van der Waals surface area contributed by atoms with Crippen molar-refractivity contribution in [2.45, 2.75) is 83.9 Å². The lowest BCUT2D eigenvalue weighted by Crippen LogP contribution is -2.58. The highest BCUT2D eigenvalue weighted by Gasteiger charge is 2.47. The highest BCUT2D eigenvalue weighted by Crippen LogP contribution is 2.45. The first-order valence-corrected chi connectivity index (χ1v) is 14.9. The van der Waals surface area contributed by atoms with Gasteiger partial charge in [-0.15, -0.1) is 0 Å². The van der Waals surface area contributed by atoms with E-state index in [4.69, 9.17) is 14.5 Å². The van der Waals surface area contributed by atoms with E-state index < -0.39 is 5.60 Å². The number of amides is 1. The van der Waals surface area contributed by atoms with Gasteiger partial charge >= 0.3 is 6.09 Å². The highest BCUT2D eigenvalue weighted by molar-refractivity contribution is 5.69. The minimum Gasteiger partial charge on any atom is -0.493 e. The number of piperidine rings is 1. The summed E-state index contributed by atoms with van der Waals surface area (Å²) in [5, 5.41) is 3.65. The number of carbonyl (C=O) groups excluding carboxylic acids is 1. The minimum atomic E-state index is -0.486. The van der Waals surface area contributed by atoms with E-state index >= 15 is 0 Å². The second-order valence-electron chi connectivity index (χ2n) is 12.5. The summed E-state index contributed by atoms with van der Waals surface area (Å²) in [6.45, 7) is 16.3. The van der Waals surface area contributed by atoms with Gasteiger partial charge in [-0.25, -0.2) is 4.79 Å². The first-order chi connectivity index (χ1) is 18.7. The van der Waals surface area contributed by atoms with E-state index in [9.17, 15) is 4.79 Å². The van der Waals surface area contributed by atoms with E-state index in [1.54, 1.807) is 0 Å². The maximum atomic E-state index is 13.0. The van der Waals surface area contributed by atoms with Crippen molar-refractivity contribution in [2.24, 2.45) is 5.92 Å². The van der Waals surface area contributed by atoms with Crippen LogP contribution in [-0.2, 0) is 16.7 Å². The fourth-order valence-electron chi connectivity index (χ4n) is 7.04. The smallest absolute Gasteiger partial charge is 0.410 e. The molecule has 5 rings (SSSR count). The van der Waals surface area contributed by atoms with Crippen molar-refractivity contribution in [3.05, 3.63) is 47.7 Å². The molecule has 3 aliphatic rings. The van der Waals surface area contributed by atoms with Gasteiger partial charge in [-0.3, -0.25) is 9.88 Å². The number of para-hydroxylation sites is 1. The van der Waals surface area contributed by atoms with Crippen LogP contribution in [0.3, 0.4) is 0 Å². The van der Waals surface area contributed by atoms with Gasteiger partial charge in [0.25, 0.3) is 0 Å². The van der Waals surface area contributed by atoms with Crippen LogP contribution in [0.15, 0.2) is 36.4 Å². The topological polar surface area (TPSA) is 66.9 Å². The number of pyridine rings is 1. The number of benzene rings is 1. The van der Waals surface area contributed by atoms with Crippen LogP contribution in [0.1, 0.15) is 71.6 Å². The van der Waals surface area contributed by atoms with E-state index in [0.717, 1.165) is 82.0 Å². The summed E-state index contributed by atoms with van der Waals surface area (Å²) < 4.78 is 11.7. The third kappa shape index (κ3) is 5.80. The van der Waals surface area contributed by atoms with Crippen LogP contribution < -0.4 is 10.1 Å². The van der Waals surface area contributed by atoms with Gasteiger partial charge in [-0.05, 0) is 89.7 Å². The number of carbonyl (C=O) groups is 1. The zero-order valence-electron chi connectivity index (χ0n) is 24.5. The Morgan fingerprint density at radius 3 is 2.77 bits per heavy atom. The fourth-order valence-corrected chi connectivity index (χ4v) is 7.04. The Morgan fingerprint density at radius 2 is 2.00 bits per heavy atom. The maximum absolute atomic E-state index is 13.0. The molecule has 0 radical (unpaired) electrons. The van der Waals surface area contributed by atoms with Gasteiger partial charge in [-0.1, -0.05) is 31.5 Å². The summed E-state index contributed by atoms with van der Waals surface area (Å²) in [7, 11) is 0. The molecule has 3 atom stereocenters. The number of nitrogens with zero attached hydrogens (tertiary/aromatic N) is 3. The molecule has 1 amide bonds. The summed E-state index contributed by atoms with van der Waals surface area (Å²) >= 11 is 0. The van der Waals surface area contributed by atoms with Gasteiger partial charge in [-0.2, -0.15) is 0 Å². The molecule has 39 heavy (non-hydrogen) atoms. The molecule has 0 aliphatic carbocycles. The molecular formula is C32H46N4O3. The van der Waals surface area contributed by atoms with Crippen molar-refractivity contribution < 1.29 is 14.3 Å². The Balaban J connectivity index is 1.48. The molecule has 7 nitrogen and oxygen atoms in total. The van der Waals surface area contributed by atoms with Crippen molar-refractivity contribution in [2.75, 3.05) is 39.3 Å². The van der Waals surface area contributed by atoms with Gasteiger partial charge in [0.2, 0.25) is 0 Å². The predicted octanol–water partition coefficient (Wildman–Crippen LogP) is 5.62. The second-order valence-corrected chi connectivity index (χ2v) is 12.5. The van der Waals surface area contributed by atoms with Crippen LogP contribution in [0, 0.1) is 5.92 Å². The third-order valence-corrected chi connectivity index (χ3v) is 8.74. The molecule has 2 saturated heterocycles. The Bertz CT molecular complexity index is 1160. The maximum Gasteiger partial charge on any atom is 0.410 e. The second kappa shape index (κ2) is 11.5. The first kappa shape index (κ1) is 27.9. The molecule has 7 heteroatoms. The summed E-state index contributed by atoms with van der Waals surface area (Å²) in [6.07, 6.45) is 4.09. The number of likely N-dealkylation sites (tertiary alicyclic amines) is 1. The lowest BCUT2D eigenvalue weighted by Gasteiger charge is -2.51. The molecule has 1 aromatic carbocycles. The minimum absolute atomic E-state index is 0.0634. The molecule has 0 bridgehead atoms. The van der Waals surface area contributed by atoms with Crippen LogP contribution in [0.25, 0.3) is 11.3 Å². The van der Waals surface area contributed by atoms with Gasteiger partial charge in [0.15, 0.2) is 0 Å². The van der Waals surface area contributed by atoms with E-state index in [2.05, 4.69) is 41.4 Å². The quantitative estimate of drug-likeness (QED) is 0.519. The summed E-state index contributed by atoms with van der Waals surface area (Å²) in [4.78, 5) is 22.9.